The lowest BCUT2D eigenvalue weighted by atomic mass is 9.87. The van der Waals surface area contributed by atoms with Crippen LogP contribution in [0.1, 0.15) is 45.2 Å². The molecule has 4 nitrogen and oxygen atoms in total. The monoisotopic (exact) mass is 330 g/mol. The van der Waals surface area contributed by atoms with Crippen molar-refractivity contribution in [1.82, 2.24) is 9.80 Å². The fourth-order valence-corrected chi connectivity index (χ4v) is 4.06. The third-order valence-electron chi connectivity index (χ3n) is 5.79. The number of hydrogen-bond acceptors (Lipinski definition) is 3. The number of ether oxygens (including phenoxy) is 1. The molecule has 1 aromatic carbocycles. The van der Waals surface area contributed by atoms with E-state index in [2.05, 4.69) is 42.7 Å². The van der Waals surface area contributed by atoms with Crippen LogP contribution in [0.3, 0.4) is 0 Å². The number of amides is 1. The number of likely N-dealkylation sites (tertiary alicyclic amines) is 1. The molecule has 3 atom stereocenters. The number of benzene rings is 1. The maximum absolute atomic E-state index is 12.8. The largest absolute Gasteiger partial charge is 0.379 e. The highest BCUT2D eigenvalue weighted by molar-refractivity contribution is 5.80. The summed E-state index contributed by atoms with van der Waals surface area (Å²) in [6.07, 6.45) is 1.74. The van der Waals surface area contributed by atoms with Crippen molar-refractivity contribution in [2.45, 2.75) is 45.7 Å². The van der Waals surface area contributed by atoms with Crippen molar-refractivity contribution in [3.05, 3.63) is 35.9 Å². The Bertz CT molecular complexity index is 562. The van der Waals surface area contributed by atoms with Crippen molar-refractivity contribution >= 4 is 5.91 Å². The van der Waals surface area contributed by atoms with Gasteiger partial charge in [-0.25, -0.2) is 0 Å². The third-order valence-corrected chi connectivity index (χ3v) is 5.79. The minimum atomic E-state index is -0.0555. The van der Waals surface area contributed by atoms with E-state index in [-0.39, 0.29) is 17.4 Å². The average molecular weight is 330 g/mol. The summed E-state index contributed by atoms with van der Waals surface area (Å²) in [5, 5.41) is 0. The van der Waals surface area contributed by atoms with E-state index in [0.29, 0.717) is 19.1 Å². The predicted octanol–water partition coefficient (Wildman–Crippen LogP) is 3.10. The van der Waals surface area contributed by atoms with E-state index in [0.717, 1.165) is 32.7 Å². The molecule has 24 heavy (non-hydrogen) atoms. The summed E-state index contributed by atoms with van der Waals surface area (Å²) >= 11 is 0. The van der Waals surface area contributed by atoms with Crippen LogP contribution in [0.5, 0.6) is 0 Å². The molecule has 3 rings (SSSR count). The maximum atomic E-state index is 12.8. The van der Waals surface area contributed by atoms with Crippen LogP contribution >= 0.6 is 0 Å². The second-order valence-corrected chi connectivity index (χ2v) is 7.57. The van der Waals surface area contributed by atoms with E-state index in [1.54, 1.807) is 0 Å². The van der Waals surface area contributed by atoms with Gasteiger partial charge < -0.3 is 9.64 Å². The lowest BCUT2D eigenvalue weighted by Gasteiger charge is -2.35. The Morgan fingerprint density at radius 1 is 1.21 bits per heavy atom. The summed E-state index contributed by atoms with van der Waals surface area (Å²) < 4.78 is 5.92. The van der Waals surface area contributed by atoms with Gasteiger partial charge in [-0.2, -0.15) is 0 Å². The molecule has 1 amide bonds. The molecular formula is C20H30N2O2. The van der Waals surface area contributed by atoms with Crippen LogP contribution in [-0.2, 0) is 9.53 Å². The lowest BCUT2D eigenvalue weighted by Crippen LogP contribution is -2.44. The Hall–Kier alpha value is -1.39. The van der Waals surface area contributed by atoms with E-state index in [9.17, 15) is 4.79 Å². The van der Waals surface area contributed by atoms with Gasteiger partial charge in [-0.1, -0.05) is 37.3 Å². The van der Waals surface area contributed by atoms with Gasteiger partial charge in [0.05, 0.1) is 19.3 Å². The number of carbonyl (C=O) groups is 1. The molecule has 0 aromatic heterocycles. The molecule has 0 radical (unpaired) electrons. The summed E-state index contributed by atoms with van der Waals surface area (Å²) in [4.78, 5) is 17.3. The van der Waals surface area contributed by atoms with Gasteiger partial charge in [0.1, 0.15) is 0 Å². The zero-order valence-corrected chi connectivity index (χ0v) is 15.2. The summed E-state index contributed by atoms with van der Waals surface area (Å²) in [7, 11) is 0. The Morgan fingerprint density at radius 3 is 2.67 bits per heavy atom. The molecular weight excluding hydrogens is 300 g/mol. The minimum Gasteiger partial charge on any atom is -0.379 e. The Balaban J connectivity index is 1.77. The SMILES string of the molecule is CCC(C)N1CCOCC2(CC(=O)N(C(C)c3ccccc3)C2)C1. The highest BCUT2D eigenvalue weighted by Crippen LogP contribution is 2.38. The van der Waals surface area contributed by atoms with Crippen LogP contribution < -0.4 is 0 Å². The predicted molar refractivity (Wildman–Crippen MR) is 95.8 cm³/mol. The molecule has 1 spiro atoms. The van der Waals surface area contributed by atoms with E-state index in [4.69, 9.17) is 4.74 Å². The summed E-state index contributed by atoms with van der Waals surface area (Å²) in [5.74, 6) is 0.265. The second-order valence-electron chi connectivity index (χ2n) is 7.57. The summed E-state index contributed by atoms with van der Waals surface area (Å²) in [6.45, 7) is 10.8. The van der Waals surface area contributed by atoms with E-state index >= 15 is 0 Å². The zero-order valence-electron chi connectivity index (χ0n) is 15.2. The van der Waals surface area contributed by atoms with Crippen LogP contribution in [0.4, 0.5) is 0 Å². The first kappa shape index (κ1) is 17.4. The Kier molecular flexibility index (Phi) is 5.26. The molecule has 0 aliphatic carbocycles. The van der Waals surface area contributed by atoms with Crippen molar-refractivity contribution in [1.29, 1.82) is 0 Å². The van der Waals surface area contributed by atoms with Crippen molar-refractivity contribution in [2.24, 2.45) is 5.41 Å². The smallest absolute Gasteiger partial charge is 0.223 e. The standard InChI is InChI=1S/C20H30N2O2/c1-4-16(2)21-10-11-24-15-20(13-21)12-19(23)22(14-20)17(3)18-8-6-5-7-9-18/h5-9,16-17H,4,10-15H2,1-3H3. The van der Waals surface area contributed by atoms with Gasteiger partial charge in [0, 0.05) is 37.5 Å². The molecule has 0 saturated carbocycles. The maximum Gasteiger partial charge on any atom is 0.223 e. The Morgan fingerprint density at radius 2 is 1.96 bits per heavy atom. The second kappa shape index (κ2) is 7.24. The quantitative estimate of drug-likeness (QED) is 0.850. The first-order valence-electron chi connectivity index (χ1n) is 9.21. The molecule has 4 heteroatoms. The fourth-order valence-electron chi connectivity index (χ4n) is 4.06. The fraction of sp³-hybridized carbons (Fsp3) is 0.650. The molecule has 0 bridgehead atoms. The van der Waals surface area contributed by atoms with E-state index < -0.39 is 0 Å². The molecule has 132 valence electrons. The van der Waals surface area contributed by atoms with Crippen molar-refractivity contribution < 1.29 is 9.53 Å². The highest BCUT2D eigenvalue weighted by Gasteiger charge is 2.47. The van der Waals surface area contributed by atoms with E-state index in [1.807, 2.05) is 18.2 Å². The average Bonchev–Trinajstić information content (AvgIpc) is 2.79. The first-order chi connectivity index (χ1) is 11.5. The van der Waals surface area contributed by atoms with Crippen LogP contribution in [-0.4, -0.2) is 54.6 Å². The molecule has 3 unspecified atom stereocenters. The number of carbonyl (C=O) groups excluding carboxylic acids is 1. The topological polar surface area (TPSA) is 32.8 Å². The van der Waals surface area contributed by atoms with Crippen LogP contribution in [0.15, 0.2) is 30.3 Å². The van der Waals surface area contributed by atoms with Gasteiger partial charge in [0.25, 0.3) is 0 Å². The molecule has 0 N–H and O–H groups in total. The summed E-state index contributed by atoms with van der Waals surface area (Å²) in [5.41, 5.74) is 1.15. The van der Waals surface area contributed by atoms with Gasteiger partial charge in [0.15, 0.2) is 0 Å². The molecule has 2 saturated heterocycles. The Labute approximate surface area is 145 Å². The van der Waals surface area contributed by atoms with Gasteiger partial charge >= 0.3 is 0 Å². The zero-order chi connectivity index (χ0) is 17.2. The highest BCUT2D eigenvalue weighted by atomic mass is 16.5. The van der Waals surface area contributed by atoms with Gasteiger partial charge in [-0.3, -0.25) is 9.69 Å². The third kappa shape index (κ3) is 3.50. The van der Waals surface area contributed by atoms with Gasteiger partial charge in [-0.15, -0.1) is 0 Å². The molecule has 1 aromatic rings. The van der Waals surface area contributed by atoms with Crippen LogP contribution in [0, 0.1) is 5.41 Å². The van der Waals surface area contributed by atoms with Crippen molar-refractivity contribution in [3.63, 3.8) is 0 Å². The number of rotatable bonds is 4. The number of nitrogens with zero attached hydrogens (tertiary/aromatic N) is 2. The minimum absolute atomic E-state index is 0.0555. The van der Waals surface area contributed by atoms with Crippen molar-refractivity contribution in [2.75, 3.05) is 32.8 Å². The number of hydrogen-bond donors (Lipinski definition) is 0. The lowest BCUT2D eigenvalue weighted by molar-refractivity contribution is -0.129. The molecule has 2 aliphatic rings. The van der Waals surface area contributed by atoms with Crippen molar-refractivity contribution in [3.8, 4) is 0 Å². The molecule has 2 fully saturated rings. The first-order valence-corrected chi connectivity index (χ1v) is 9.21. The van der Waals surface area contributed by atoms with E-state index in [1.165, 1.54) is 5.56 Å². The van der Waals surface area contributed by atoms with Gasteiger partial charge in [-0.05, 0) is 25.8 Å². The van der Waals surface area contributed by atoms with Gasteiger partial charge in [0.2, 0.25) is 5.91 Å². The van der Waals surface area contributed by atoms with Crippen LogP contribution in [0.2, 0.25) is 0 Å². The molecule has 2 aliphatic heterocycles. The van der Waals surface area contributed by atoms with Crippen LogP contribution in [0.25, 0.3) is 0 Å². The summed E-state index contributed by atoms with van der Waals surface area (Å²) in [6, 6.07) is 11.0. The normalized spacial score (nSPS) is 28.1. The molecule has 2 heterocycles.